The maximum absolute atomic E-state index is 5.83. The van der Waals surface area contributed by atoms with E-state index in [4.69, 9.17) is 17.3 Å². The summed E-state index contributed by atoms with van der Waals surface area (Å²) in [7, 11) is 3.79. The molecule has 0 spiro atoms. The molecule has 0 aliphatic carbocycles. The maximum Gasteiger partial charge on any atom is 0.223 e. The van der Waals surface area contributed by atoms with Crippen molar-refractivity contribution in [2.24, 2.45) is 7.05 Å². The van der Waals surface area contributed by atoms with E-state index in [-0.39, 0.29) is 5.95 Å². The monoisotopic (exact) mass is 252 g/mol. The quantitative estimate of drug-likeness (QED) is 0.828. The highest BCUT2D eigenvalue weighted by molar-refractivity contribution is 6.29. The van der Waals surface area contributed by atoms with Gasteiger partial charge in [-0.3, -0.25) is 4.68 Å². The van der Waals surface area contributed by atoms with Crippen LogP contribution in [-0.2, 0) is 13.6 Å². The molecule has 0 unspecified atom stereocenters. The number of nitrogen functional groups attached to an aromatic ring is 1. The second-order valence-corrected chi connectivity index (χ2v) is 4.17. The average Bonchev–Trinajstić information content (AvgIpc) is 2.62. The molecule has 0 saturated heterocycles. The second-order valence-electron chi connectivity index (χ2n) is 3.79. The number of aryl methyl sites for hydroxylation is 1. The van der Waals surface area contributed by atoms with Crippen LogP contribution < -0.4 is 10.6 Å². The zero-order valence-electron chi connectivity index (χ0n) is 9.63. The highest BCUT2D eigenvalue weighted by atomic mass is 35.5. The lowest BCUT2D eigenvalue weighted by molar-refractivity contribution is 0.766. The predicted molar refractivity (Wildman–Crippen MR) is 66.8 cm³/mol. The Bertz CT molecular complexity index is 503. The molecule has 2 N–H and O–H groups in total. The van der Waals surface area contributed by atoms with Crippen molar-refractivity contribution in [3.05, 3.63) is 29.2 Å². The van der Waals surface area contributed by atoms with Gasteiger partial charge < -0.3 is 10.6 Å². The topological polar surface area (TPSA) is 72.9 Å². The Kier molecular flexibility index (Phi) is 3.14. The van der Waals surface area contributed by atoms with Crippen LogP contribution in [0.3, 0.4) is 0 Å². The Hall–Kier alpha value is -1.82. The molecule has 2 rings (SSSR count). The first kappa shape index (κ1) is 11.7. The molecule has 0 fully saturated rings. The van der Waals surface area contributed by atoms with Crippen LogP contribution in [0, 0.1) is 0 Å². The molecule has 0 aliphatic rings. The fourth-order valence-corrected chi connectivity index (χ4v) is 1.71. The predicted octanol–water partition coefficient (Wildman–Crippen LogP) is 1.08. The summed E-state index contributed by atoms with van der Waals surface area (Å²) < 4.78 is 1.75. The van der Waals surface area contributed by atoms with Crippen LogP contribution in [0.2, 0.25) is 5.15 Å². The Morgan fingerprint density at radius 3 is 2.82 bits per heavy atom. The van der Waals surface area contributed by atoms with Gasteiger partial charge in [0.15, 0.2) is 0 Å². The largest absolute Gasteiger partial charge is 0.368 e. The molecule has 6 nitrogen and oxygen atoms in total. The zero-order valence-corrected chi connectivity index (χ0v) is 10.4. The fourth-order valence-electron chi connectivity index (χ4n) is 1.53. The van der Waals surface area contributed by atoms with Gasteiger partial charge in [-0.1, -0.05) is 11.6 Å². The first-order valence-electron chi connectivity index (χ1n) is 5.03. The SMILES string of the molecule is CN(Cc1cnn(C)c1)c1cc(Cl)nc(N)n1. The van der Waals surface area contributed by atoms with E-state index in [1.54, 1.807) is 10.7 Å². The summed E-state index contributed by atoms with van der Waals surface area (Å²) >= 11 is 5.83. The van der Waals surface area contributed by atoms with Gasteiger partial charge in [-0.2, -0.15) is 10.1 Å². The van der Waals surface area contributed by atoms with Crippen molar-refractivity contribution in [1.29, 1.82) is 0 Å². The molecular weight excluding hydrogens is 240 g/mol. The fraction of sp³-hybridized carbons (Fsp3) is 0.300. The number of anilines is 2. The van der Waals surface area contributed by atoms with E-state index in [0.717, 1.165) is 5.56 Å². The third kappa shape index (κ3) is 2.85. The first-order chi connectivity index (χ1) is 8.04. The lowest BCUT2D eigenvalue weighted by Gasteiger charge is -2.17. The standard InChI is InChI=1S/C10H13ClN6/c1-16(5-7-4-13-17(2)6-7)9-3-8(11)14-10(12)15-9/h3-4,6H,5H2,1-2H3,(H2,12,14,15). The number of rotatable bonds is 3. The van der Waals surface area contributed by atoms with Gasteiger partial charge in [0.25, 0.3) is 0 Å². The smallest absolute Gasteiger partial charge is 0.223 e. The van der Waals surface area contributed by atoms with Crippen molar-refractivity contribution < 1.29 is 0 Å². The van der Waals surface area contributed by atoms with Crippen LogP contribution >= 0.6 is 11.6 Å². The van der Waals surface area contributed by atoms with E-state index < -0.39 is 0 Å². The molecule has 0 aromatic carbocycles. The molecule has 2 aromatic rings. The zero-order chi connectivity index (χ0) is 12.4. The number of halogens is 1. The highest BCUT2D eigenvalue weighted by Crippen LogP contribution is 2.17. The van der Waals surface area contributed by atoms with Crippen LogP contribution in [0.25, 0.3) is 0 Å². The summed E-state index contributed by atoms with van der Waals surface area (Å²) in [4.78, 5) is 9.87. The Labute approximate surface area is 104 Å². The van der Waals surface area contributed by atoms with Crippen molar-refractivity contribution in [2.45, 2.75) is 6.54 Å². The van der Waals surface area contributed by atoms with Crippen molar-refractivity contribution in [3.8, 4) is 0 Å². The van der Waals surface area contributed by atoms with Gasteiger partial charge in [-0.05, 0) is 0 Å². The Morgan fingerprint density at radius 2 is 2.24 bits per heavy atom. The van der Waals surface area contributed by atoms with Gasteiger partial charge in [0.05, 0.1) is 6.20 Å². The van der Waals surface area contributed by atoms with Gasteiger partial charge in [0, 0.05) is 38.5 Å². The van der Waals surface area contributed by atoms with Crippen molar-refractivity contribution in [2.75, 3.05) is 17.7 Å². The molecule has 0 atom stereocenters. The van der Waals surface area contributed by atoms with Crippen LogP contribution in [-0.4, -0.2) is 26.8 Å². The molecule has 0 radical (unpaired) electrons. The number of nitrogens with zero attached hydrogens (tertiary/aromatic N) is 5. The molecule has 2 aromatic heterocycles. The van der Waals surface area contributed by atoms with Crippen molar-refractivity contribution in [3.63, 3.8) is 0 Å². The molecule has 2 heterocycles. The highest BCUT2D eigenvalue weighted by Gasteiger charge is 2.07. The minimum atomic E-state index is 0.172. The van der Waals surface area contributed by atoms with E-state index in [2.05, 4.69) is 15.1 Å². The normalized spacial score (nSPS) is 10.5. The molecule has 0 bridgehead atoms. The molecule has 7 heteroatoms. The number of hydrogen-bond acceptors (Lipinski definition) is 5. The van der Waals surface area contributed by atoms with E-state index in [9.17, 15) is 0 Å². The molecule has 0 amide bonds. The van der Waals surface area contributed by atoms with Crippen molar-refractivity contribution in [1.82, 2.24) is 19.7 Å². The van der Waals surface area contributed by atoms with Crippen LogP contribution in [0.4, 0.5) is 11.8 Å². The van der Waals surface area contributed by atoms with Gasteiger partial charge in [-0.25, -0.2) is 4.98 Å². The summed E-state index contributed by atoms with van der Waals surface area (Å²) in [6.45, 7) is 0.681. The van der Waals surface area contributed by atoms with E-state index in [1.165, 1.54) is 0 Å². The van der Waals surface area contributed by atoms with Gasteiger partial charge >= 0.3 is 0 Å². The molecule has 90 valence electrons. The van der Waals surface area contributed by atoms with Gasteiger partial charge in [0.1, 0.15) is 11.0 Å². The van der Waals surface area contributed by atoms with Gasteiger partial charge in [-0.15, -0.1) is 0 Å². The summed E-state index contributed by atoms with van der Waals surface area (Å²) in [6.07, 6.45) is 3.76. The minimum absolute atomic E-state index is 0.172. The van der Waals surface area contributed by atoms with Crippen LogP contribution in [0.15, 0.2) is 18.5 Å². The second kappa shape index (κ2) is 4.58. The lowest BCUT2D eigenvalue weighted by atomic mass is 10.3. The van der Waals surface area contributed by atoms with Gasteiger partial charge in [0.2, 0.25) is 5.95 Å². The van der Waals surface area contributed by atoms with Crippen molar-refractivity contribution >= 4 is 23.4 Å². The van der Waals surface area contributed by atoms with Crippen LogP contribution in [0.1, 0.15) is 5.56 Å². The lowest BCUT2D eigenvalue weighted by Crippen LogP contribution is -2.18. The molecule has 0 saturated carbocycles. The summed E-state index contributed by atoms with van der Waals surface area (Å²) in [5.74, 6) is 0.858. The third-order valence-electron chi connectivity index (χ3n) is 2.27. The summed E-state index contributed by atoms with van der Waals surface area (Å²) in [5, 5.41) is 4.44. The molecular formula is C10H13ClN6. The number of nitrogens with two attached hydrogens (primary N) is 1. The molecule has 0 aliphatic heterocycles. The first-order valence-corrected chi connectivity index (χ1v) is 5.41. The van der Waals surface area contributed by atoms with Crippen LogP contribution in [0.5, 0.6) is 0 Å². The van der Waals surface area contributed by atoms with E-state index >= 15 is 0 Å². The maximum atomic E-state index is 5.83. The van der Waals surface area contributed by atoms with E-state index in [0.29, 0.717) is 17.5 Å². The Morgan fingerprint density at radius 1 is 1.47 bits per heavy atom. The average molecular weight is 253 g/mol. The third-order valence-corrected chi connectivity index (χ3v) is 2.46. The number of aromatic nitrogens is 4. The Balaban J connectivity index is 2.16. The summed E-state index contributed by atoms with van der Waals surface area (Å²) in [5.41, 5.74) is 6.63. The number of hydrogen-bond donors (Lipinski definition) is 1. The van der Waals surface area contributed by atoms with E-state index in [1.807, 2.05) is 31.4 Å². The minimum Gasteiger partial charge on any atom is -0.368 e. The molecule has 17 heavy (non-hydrogen) atoms. The summed E-state index contributed by atoms with van der Waals surface area (Å²) in [6, 6.07) is 1.67.